The Labute approximate surface area is 176 Å². The van der Waals surface area contributed by atoms with Crippen LogP contribution in [0.1, 0.15) is 27.2 Å². The van der Waals surface area contributed by atoms with E-state index in [1.165, 1.54) is 5.56 Å². The number of carboxylic acid groups (broad SMARTS) is 1. The van der Waals surface area contributed by atoms with Crippen molar-refractivity contribution in [2.75, 3.05) is 17.2 Å². The van der Waals surface area contributed by atoms with Crippen molar-refractivity contribution in [3.8, 4) is 0 Å². The van der Waals surface area contributed by atoms with E-state index in [1.54, 1.807) is 24.3 Å². The molecular formula is C22H20N4O5. The topological polar surface area (TPSA) is 153 Å². The molecule has 1 aliphatic heterocycles. The maximum Gasteiger partial charge on any atom is 0.358 e. The lowest BCUT2D eigenvalue weighted by atomic mass is 9.96. The van der Waals surface area contributed by atoms with E-state index in [0.717, 1.165) is 17.5 Å². The predicted octanol–water partition coefficient (Wildman–Crippen LogP) is 1.41. The summed E-state index contributed by atoms with van der Waals surface area (Å²) in [5.74, 6) is -1.07. The number of fused-ring (bicyclic) bond motifs is 2. The SMILES string of the molecule is NCc1ccc2c(c1)CN(c1c(N)c(=O)c1=O)CC2.O=C(O)c1noc2ccccc12. The molecule has 5 rings (SSSR count). The quantitative estimate of drug-likeness (QED) is 0.418. The number of hydrogen-bond acceptors (Lipinski definition) is 8. The van der Waals surface area contributed by atoms with E-state index in [1.807, 2.05) is 11.0 Å². The number of aromatic carboxylic acids is 1. The molecule has 31 heavy (non-hydrogen) atoms. The van der Waals surface area contributed by atoms with Crippen LogP contribution in [0.4, 0.5) is 11.4 Å². The van der Waals surface area contributed by atoms with Crippen LogP contribution in [-0.2, 0) is 19.5 Å². The van der Waals surface area contributed by atoms with Gasteiger partial charge < -0.3 is 26.0 Å². The number of nitrogens with zero attached hydrogens (tertiary/aromatic N) is 2. The number of carbonyl (C=O) groups is 1. The normalized spacial score (nSPS) is 13.0. The van der Waals surface area contributed by atoms with Gasteiger partial charge in [-0.05, 0) is 35.2 Å². The number of para-hydroxylation sites is 1. The fourth-order valence-corrected chi connectivity index (χ4v) is 3.68. The lowest BCUT2D eigenvalue weighted by molar-refractivity contribution is 0.0688. The van der Waals surface area contributed by atoms with Crippen LogP contribution in [-0.4, -0.2) is 22.8 Å². The fourth-order valence-electron chi connectivity index (χ4n) is 3.68. The van der Waals surface area contributed by atoms with E-state index in [2.05, 4.69) is 17.3 Å². The van der Waals surface area contributed by atoms with Crippen LogP contribution in [0.5, 0.6) is 0 Å². The van der Waals surface area contributed by atoms with Gasteiger partial charge in [-0.2, -0.15) is 0 Å². The third kappa shape index (κ3) is 3.66. The van der Waals surface area contributed by atoms with Crippen molar-refractivity contribution in [1.29, 1.82) is 0 Å². The first-order chi connectivity index (χ1) is 14.9. The van der Waals surface area contributed by atoms with Gasteiger partial charge in [0.2, 0.25) is 0 Å². The smallest absolute Gasteiger partial charge is 0.358 e. The standard InChI is InChI=1S/C14H15N3O2.C8H5NO3/c15-6-8-1-2-9-3-4-17(7-10(9)5-8)12-11(16)13(18)14(12)19;10-8(11)7-5-3-1-2-4-6(5)12-9-7/h1-2,5H,3-4,6-7,15-16H2;1-4H,(H,10,11). The van der Waals surface area contributed by atoms with Gasteiger partial charge in [0.1, 0.15) is 11.4 Å². The second-order valence-electron chi connectivity index (χ2n) is 7.23. The number of hydrogen-bond donors (Lipinski definition) is 3. The highest BCUT2D eigenvalue weighted by molar-refractivity contribution is 5.99. The summed E-state index contributed by atoms with van der Waals surface area (Å²) in [6, 6.07) is 13.0. The van der Waals surface area contributed by atoms with Gasteiger partial charge in [0.25, 0.3) is 10.9 Å². The molecule has 9 nitrogen and oxygen atoms in total. The Morgan fingerprint density at radius 3 is 2.61 bits per heavy atom. The van der Waals surface area contributed by atoms with E-state index in [4.69, 9.17) is 21.1 Å². The van der Waals surface area contributed by atoms with Crippen LogP contribution >= 0.6 is 0 Å². The van der Waals surface area contributed by atoms with Gasteiger partial charge in [-0.3, -0.25) is 9.59 Å². The molecule has 5 N–H and O–H groups in total. The van der Waals surface area contributed by atoms with Gasteiger partial charge in [-0.1, -0.05) is 35.5 Å². The van der Waals surface area contributed by atoms with E-state index < -0.39 is 16.8 Å². The zero-order chi connectivity index (χ0) is 22.1. The molecule has 4 aromatic rings. The first-order valence-corrected chi connectivity index (χ1v) is 9.63. The highest BCUT2D eigenvalue weighted by Gasteiger charge is 2.26. The molecule has 0 saturated heterocycles. The minimum absolute atomic E-state index is 0.0365. The number of anilines is 2. The predicted molar refractivity (Wildman–Crippen MR) is 116 cm³/mol. The van der Waals surface area contributed by atoms with Gasteiger partial charge in [-0.15, -0.1) is 0 Å². The molecule has 0 radical (unpaired) electrons. The van der Waals surface area contributed by atoms with Crippen LogP contribution in [0.25, 0.3) is 11.0 Å². The summed E-state index contributed by atoms with van der Waals surface area (Å²) in [6.07, 6.45) is 0.846. The molecule has 0 amide bonds. The summed E-state index contributed by atoms with van der Waals surface area (Å²) in [6.45, 7) is 1.82. The first-order valence-electron chi connectivity index (χ1n) is 9.63. The van der Waals surface area contributed by atoms with Crippen LogP contribution in [0.15, 0.2) is 56.6 Å². The highest BCUT2D eigenvalue weighted by atomic mass is 16.5. The molecular weight excluding hydrogens is 400 g/mol. The minimum atomic E-state index is -1.07. The van der Waals surface area contributed by atoms with Crippen molar-refractivity contribution >= 4 is 28.3 Å². The summed E-state index contributed by atoms with van der Waals surface area (Å²) >= 11 is 0. The van der Waals surface area contributed by atoms with Crippen molar-refractivity contribution in [2.24, 2.45) is 5.73 Å². The maximum absolute atomic E-state index is 11.6. The largest absolute Gasteiger partial charge is 0.476 e. The summed E-state index contributed by atoms with van der Waals surface area (Å²) in [4.78, 5) is 35.2. The van der Waals surface area contributed by atoms with Crippen molar-refractivity contribution < 1.29 is 14.4 Å². The Bertz CT molecular complexity index is 1350. The number of benzene rings is 2. The van der Waals surface area contributed by atoms with E-state index >= 15 is 0 Å². The Kier molecular flexibility index (Phi) is 5.26. The number of aromatic nitrogens is 1. The average Bonchev–Trinajstić information content (AvgIpc) is 3.23. The van der Waals surface area contributed by atoms with E-state index in [0.29, 0.717) is 36.3 Å². The van der Waals surface area contributed by atoms with Gasteiger partial charge in [0.05, 0.1) is 5.39 Å². The Balaban J connectivity index is 0.000000166. The molecule has 1 aliphatic rings. The van der Waals surface area contributed by atoms with Gasteiger partial charge in [0, 0.05) is 19.6 Å². The third-order valence-corrected chi connectivity index (χ3v) is 5.34. The summed E-state index contributed by atoms with van der Waals surface area (Å²) in [5, 5.41) is 12.6. The fraction of sp³-hybridized carbons (Fsp3) is 0.182. The van der Waals surface area contributed by atoms with Crippen LogP contribution in [0.2, 0.25) is 0 Å². The summed E-state index contributed by atoms with van der Waals surface area (Å²) < 4.78 is 4.78. The lowest BCUT2D eigenvalue weighted by Crippen LogP contribution is -2.44. The van der Waals surface area contributed by atoms with Gasteiger partial charge in [-0.25, -0.2) is 4.79 Å². The molecule has 9 heteroatoms. The maximum atomic E-state index is 11.6. The zero-order valence-electron chi connectivity index (χ0n) is 16.5. The molecule has 0 atom stereocenters. The van der Waals surface area contributed by atoms with Crippen molar-refractivity contribution in [2.45, 2.75) is 19.5 Å². The second-order valence-corrected chi connectivity index (χ2v) is 7.23. The van der Waals surface area contributed by atoms with Crippen LogP contribution in [0, 0.1) is 0 Å². The van der Waals surface area contributed by atoms with Gasteiger partial charge >= 0.3 is 5.97 Å². The Morgan fingerprint density at radius 2 is 1.90 bits per heavy atom. The van der Waals surface area contributed by atoms with Crippen molar-refractivity contribution in [3.63, 3.8) is 0 Å². The van der Waals surface area contributed by atoms with E-state index in [9.17, 15) is 14.4 Å². The number of carboxylic acids is 1. The zero-order valence-corrected chi connectivity index (χ0v) is 16.5. The Hall–Kier alpha value is -3.98. The molecule has 2 heterocycles. The Morgan fingerprint density at radius 1 is 1.13 bits per heavy atom. The molecule has 3 aromatic carbocycles. The molecule has 0 saturated carbocycles. The minimum Gasteiger partial charge on any atom is -0.476 e. The van der Waals surface area contributed by atoms with Crippen LogP contribution in [0.3, 0.4) is 0 Å². The van der Waals surface area contributed by atoms with Crippen molar-refractivity contribution in [3.05, 3.63) is 85.3 Å². The molecule has 1 aromatic heterocycles. The number of rotatable bonds is 3. The lowest BCUT2D eigenvalue weighted by Gasteiger charge is -2.31. The summed E-state index contributed by atoms with van der Waals surface area (Å²) in [7, 11) is 0. The molecule has 0 aliphatic carbocycles. The number of nitrogens with two attached hydrogens (primary N) is 2. The highest BCUT2D eigenvalue weighted by Crippen LogP contribution is 2.26. The second kappa shape index (κ2) is 8.04. The van der Waals surface area contributed by atoms with Crippen molar-refractivity contribution in [1.82, 2.24) is 5.16 Å². The summed E-state index contributed by atoms with van der Waals surface area (Å²) in [5.41, 5.74) is 14.7. The molecule has 0 bridgehead atoms. The van der Waals surface area contributed by atoms with E-state index in [-0.39, 0.29) is 11.4 Å². The molecule has 0 spiro atoms. The molecule has 0 unspecified atom stereocenters. The number of nitrogen functional groups attached to an aromatic ring is 1. The first kappa shape index (κ1) is 20.3. The van der Waals surface area contributed by atoms with Crippen LogP contribution < -0.4 is 27.2 Å². The van der Waals surface area contributed by atoms with Gasteiger partial charge in [0.15, 0.2) is 11.3 Å². The third-order valence-electron chi connectivity index (χ3n) is 5.34. The molecule has 0 fully saturated rings. The molecule has 158 valence electrons. The average molecular weight is 420 g/mol. The monoisotopic (exact) mass is 420 g/mol.